The first-order valence-corrected chi connectivity index (χ1v) is 10.6. The third-order valence-electron chi connectivity index (χ3n) is 5.48. The van der Waals surface area contributed by atoms with Crippen molar-refractivity contribution < 1.29 is 9.53 Å². The number of carbonyl (C=O) groups excluding carboxylic acids is 1. The first-order chi connectivity index (χ1) is 14.7. The van der Waals surface area contributed by atoms with Crippen LogP contribution in [0, 0.1) is 6.92 Å². The number of aromatic nitrogens is 6. The van der Waals surface area contributed by atoms with Crippen molar-refractivity contribution in [3.63, 3.8) is 0 Å². The smallest absolute Gasteiger partial charge is 0.410 e. The zero-order valence-electron chi connectivity index (χ0n) is 19.0. The van der Waals surface area contributed by atoms with Gasteiger partial charge in [-0.15, -0.1) is 0 Å². The van der Waals surface area contributed by atoms with E-state index < -0.39 is 5.60 Å². The molecular formula is C21H30N8O2. The van der Waals surface area contributed by atoms with Crippen LogP contribution in [0.4, 0.5) is 10.6 Å². The van der Waals surface area contributed by atoms with Crippen LogP contribution in [0.15, 0.2) is 12.5 Å². The first kappa shape index (κ1) is 21.1. The van der Waals surface area contributed by atoms with E-state index in [0.717, 1.165) is 35.7 Å². The second-order valence-corrected chi connectivity index (χ2v) is 8.90. The Balaban J connectivity index is 1.57. The fourth-order valence-electron chi connectivity index (χ4n) is 3.89. The normalized spacial score (nSPS) is 16.8. The molecule has 0 spiro atoms. The SMILES string of the molecule is CCn1ncc(-c2nc3c(N[C@@H]4CCN(C(=O)OC(C)(C)C)C4)ncnc3n2C)c1C. The number of hydrogen-bond donors (Lipinski definition) is 1. The third kappa shape index (κ3) is 4.06. The molecule has 0 radical (unpaired) electrons. The van der Waals surface area contributed by atoms with Gasteiger partial charge in [-0.05, 0) is 41.0 Å². The lowest BCUT2D eigenvalue weighted by Gasteiger charge is -2.24. The molecule has 0 unspecified atom stereocenters. The summed E-state index contributed by atoms with van der Waals surface area (Å²) < 4.78 is 9.40. The van der Waals surface area contributed by atoms with Crippen molar-refractivity contribution in [2.24, 2.45) is 7.05 Å². The van der Waals surface area contributed by atoms with Gasteiger partial charge >= 0.3 is 6.09 Å². The summed E-state index contributed by atoms with van der Waals surface area (Å²) >= 11 is 0. The second kappa shape index (κ2) is 7.82. The fraction of sp³-hybridized carbons (Fsp3) is 0.571. The van der Waals surface area contributed by atoms with Crippen LogP contribution in [0.5, 0.6) is 0 Å². The van der Waals surface area contributed by atoms with E-state index in [1.54, 1.807) is 11.2 Å². The van der Waals surface area contributed by atoms with E-state index in [1.165, 1.54) is 0 Å². The fourth-order valence-corrected chi connectivity index (χ4v) is 3.89. The zero-order chi connectivity index (χ0) is 22.3. The van der Waals surface area contributed by atoms with Gasteiger partial charge in [0.15, 0.2) is 17.0 Å². The lowest BCUT2D eigenvalue weighted by molar-refractivity contribution is 0.0293. The van der Waals surface area contributed by atoms with Gasteiger partial charge in [-0.1, -0.05) is 0 Å². The standard InChI is InChI=1S/C21H30N8O2/c1-7-29-13(2)15(10-24-29)18-26-16-17(22-12-23-19(16)27(18)6)25-14-8-9-28(11-14)20(30)31-21(3,4)5/h10,12,14H,7-9,11H2,1-6H3,(H,22,23,25)/t14-/m1/s1. The summed E-state index contributed by atoms with van der Waals surface area (Å²) in [4.78, 5) is 27.8. The van der Waals surface area contributed by atoms with E-state index in [9.17, 15) is 4.79 Å². The van der Waals surface area contributed by atoms with Crippen LogP contribution in [0.3, 0.4) is 0 Å². The third-order valence-corrected chi connectivity index (χ3v) is 5.48. The van der Waals surface area contributed by atoms with Gasteiger partial charge in [-0.2, -0.15) is 5.10 Å². The monoisotopic (exact) mass is 426 g/mol. The van der Waals surface area contributed by atoms with E-state index in [2.05, 4.69) is 27.3 Å². The minimum atomic E-state index is -0.504. The van der Waals surface area contributed by atoms with Crippen LogP contribution in [0.25, 0.3) is 22.6 Å². The second-order valence-electron chi connectivity index (χ2n) is 8.90. The van der Waals surface area contributed by atoms with Crippen molar-refractivity contribution in [1.29, 1.82) is 0 Å². The average molecular weight is 427 g/mol. The van der Waals surface area contributed by atoms with Crippen LogP contribution in [-0.2, 0) is 18.3 Å². The van der Waals surface area contributed by atoms with Gasteiger partial charge in [-0.25, -0.2) is 19.7 Å². The summed E-state index contributed by atoms with van der Waals surface area (Å²) in [6.07, 6.45) is 3.91. The largest absolute Gasteiger partial charge is 0.444 e. The minimum Gasteiger partial charge on any atom is -0.444 e. The molecule has 10 nitrogen and oxygen atoms in total. The van der Waals surface area contributed by atoms with Gasteiger partial charge in [0.1, 0.15) is 17.8 Å². The van der Waals surface area contributed by atoms with Crippen LogP contribution >= 0.6 is 0 Å². The number of anilines is 1. The van der Waals surface area contributed by atoms with Gasteiger partial charge in [0.25, 0.3) is 0 Å². The van der Waals surface area contributed by atoms with E-state index in [1.807, 2.05) is 50.2 Å². The molecule has 0 bridgehead atoms. The molecule has 0 aliphatic carbocycles. The predicted molar refractivity (Wildman–Crippen MR) is 118 cm³/mol. The van der Waals surface area contributed by atoms with Crippen molar-refractivity contribution in [3.8, 4) is 11.4 Å². The van der Waals surface area contributed by atoms with Gasteiger partial charge in [-0.3, -0.25) is 4.68 Å². The number of amides is 1. The summed E-state index contributed by atoms with van der Waals surface area (Å²) in [7, 11) is 1.95. The Morgan fingerprint density at radius 2 is 2.10 bits per heavy atom. The maximum absolute atomic E-state index is 12.4. The van der Waals surface area contributed by atoms with Gasteiger partial charge in [0.05, 0.1) is 11.8 Å². The Kier molecular flexibility index (Phi) is 5.32. The highest BCUT2D eigenvalue weighted by Crippen LogP contribution is 2.28. The molecule has 4 heterocycles. The number of aryl methyl sites for hydroxylation is 2. The number of rotatable bonds is 4. The Morgan fingerprint density at radius 3 is 2.77 bits per heavy atom. The molecule has 1 amide bonds. The minimum absolute atomic E-state index is 0.0700. The van der Waals surface area contributed by atoms with E-state index >= 15 is 0 Å². The quantitative estimate of drug-likeness (QED) is 0.684. The van der Waals surface area contributed by atoms with Gasteiger partial charge in [0.2, 0.25) is 0 Å². The summed E-state index contributed by atoms with van der Waals surface area (Å²) in [5.74, 6) is 1.47. The maximum atomic E-state index is 12.4. The summed E-state index contributed by atoms with van der Waals surface area (Å²) in [6.45, 7) is 11.7. The van der Waals surface area contributed by atoms with E-state index in [0.29, 0.717) is 24.4 Å². The molecule has 1 fully saturated rings. The highest BCUT2D eigenvalue weighted by Gasteiger charge is 2.30. The van der Waals surface area contributed by atoms with E-state index in [-0.39, 0.29) is 12.1 Å². The lowest BCUT2D eigenvalue weighted by atomic mass is 10.2. The highest BCUT2D eigenvalue weighted by molar-refractivity contribution is 5.86. The average Bonchev–Trinajstić information content (AvgIpc) is 3.39. The topological polar surface area (TPSA) is 103 Å². The molecule has 1 N–H and O–H groups in total. The zero-order valence-corrected chi connectivity index (χ0v) is 19.0. The Hall–Kier alpha value is -3.17. The van der Waals surface area contributed by atoms with Crippen LogP contribution in [-0.4, -0.2) is 65.0 Å². The van der Waals surface area contributed by atoms with Crippen LogP contribution in [0.2, 0.25) is 0 Å². The Labute approximate surface area is 181 Å². The number of carbonyl (C=O) groups is 1. The molecule has 10 heteroatoms. The van der Waals surface area contributed by atoms with Gasteiger partial charge in [0, 0.05) is 38.4 Å². The molecule has 1 saturated heterocycles. The molecule has 0 saturated carbocycles. The molecule has 4 rings (SSSR count). The molecule has 166 valence electrons. The first-order valence-electron chi connectivity index (χ1n) is 10.6. The van der Waals surface area contributed by atoms with Crippen molar-refractivity contribution in [3.05, 3.63) is 18.2 Å². The molecule has 3 aromatic rings. The Morgan fingerprint density at radius 1 is 1.32 bits per heavy atom. The predicted octanol–water partition coefficient (Wildman–Crippen LogP) is 2.98. The van der Waals surface area contributed by atoms with Gasteiger partial charge < -0.3 is 19.5 Å². The highest BCUT2D eigenvalue weighted by atomic mass is 16.6. The van der Waals surface area contributed by atoms with Crippen LogP contribution < -0.4 is 5.32 Å². The molecule has 0 aromatic carbocycles. The number of likely N-dealkylation sites (tertiary alicyclic amines) is 1. The molecule has 1 aliphatic rings. The number of nitrogens with zero attached hydrogens (tertiary/aromatic N) is 7. The van der Waals surface area contributed by atoms with Crippen LogP contribution in [0.1, 0.15) is 39.8 Å². The molecule has 1 atom stereocenters. The molecule has 1 aliphatic heterocycles. The molecule has 31 heavy (non-hydrogen) atoms. The molecule has 3 aromatic heterocycles. The maximum Gasteiger partial charge on any atom is 0.410 e. The van der Waals surface area contributed by atoms with E-state index in [4.69, 9.17) is 9.72 Å². The van der Waals surface area contributed by atoms with Crippen molar-refractivity contribution >= 4 is 23.1 Å². The number of ether oxygens (including phenoxy) is 1. The number of imidazole rings is 1. The number of fused-ring (bicyclic) bond motifs is 1. The number of nitrogens with one attached hydrogen (secondary N) is 1. The lowest BCUT2D eigenvalue weighted by Crippen LogP contribution is -2.36. The van der Waals surface area contributed by atoms with Crippen molar-refractivity contribution in [2.45, 2.75) is 59.2 Å². The summed E-state index contributed by atoms with van der Waals surface area (Å²) in [6, 6.07) is 0.0700. The van der Waals surface area contributed by atoms with Crippen molar-refractivity contribution in [1.82, 2.24) is 34.2 Å². The summed E-state index contributed by atoms with van der Waals surface area (Å²) in [5.41, 5.74) is 2.99. The summed E-state index contributed by atoms with van der Waals surface area (Å²) in [5, 5.41) is 7.90. The number of hydrogen-bond acceptors (Lipinski definition) is 7. The Bertz CT molecular complexity index is 1110. The van der Waals surface area contributed by atoms with Crippen molar-refractivity contribution in [2.75, 3.05) is 18.4 Å². The molecular weight excluding hydrogens is 396 g/mol.